The van der Waals surface area contributed by atoms with Gasteiger partial charge < -0.3 is 4.57 Å². The van der Waals surface area contributed by atoms with Crippen LogP contribution in [-0.4, -0.2) is 27.8 Å². The van der Waals surface area contributed by atoms with E-state index in [9.17, 15) is 0 Å². The summed E-state index contributed by atoms with van der Waals surface area (Å²) in [5.41, 5.74) is 11.5. The normalized spacial score (nSPS) is 12.0. The molecule has 0 aliphatic rings. The number of aromatic nitrogens is 3. The van der Waals surface area contributed by atoms with Crippen LogP contribution in [0.15, 0.2) is 170 Å². The number of fused-ring (bicyclic) bond motifs is 6. The molecule has 11 aromatic rings. The number of para-hydroxylation sites is 2. The molecule has 0 saturated carbocycles. The van der Waals surface area contributed by atoms with Gasteiger partial charge in [0, 0.05) is 30.5 Å². The van der Waals surface area contributed by atoms with Crippen molar-refractivity contribution in [3.05, 3.63) is 193 Å². The molecular weight excluding hydrogens is 1070 g/mol. The summed E-state index contributed by atoms with van der Waals surface area (Å²) in [6.45, 7) is 11.5. The number of nitrogens with zero attached hydrogens (tertiary/aromatic N) is 3. The maximum Gasteiger partial charge on any atom is 0 e. The molecule has 0 fully saturated rings. The Labute approximate surface area is 415 Å². The molecule has 0 spiro atoms. The van der Waals surface area contributed by atoms with E-state index in [1.807, 2.05) is 29.5 Å². The fourth-order valence-corrected chi connectivity index (χ4v) is 13.8. The Hall–Kier alpha value is -5.69. The number of hydrogen-bond donors (Lipinski definition) is 0. The van der Waals surface area contributed by atoms with E-state index in [2.05, 4.69) is 220 Å². The van der Waals surface area contributed by atoms with Gasteiger partial charge in [0.15, 0.2) is 0 Å². The number of benzene rings is 8. The number of imidazole rings is 1. The van der Waals surface area contributed by atoms with Crippen molar-refractivity contribution in [3.63, 3.8) is 0 Å². The first-order valence-electron chi connectivity index (χ1n) is 23.1. The van der Waals surface area contributed by atoms with Crippen molar-refractivity contribution in [2.45, 2.75) is 63.7 Å². The van der Waals surface area contributed by atoms with Crippen LogP contribution in [0.2, 0.25) is 17.3 Å². The van der Waals surface area contributed by atoms with Crippen molar-refractivity contribution in [3.8, 4) is 39.5 Å². The topological polar surface area (TPSA) is 30.7 Å². The number of rotatable bonds is 7. The summed E-state index contributed by atoms with van der Waals surface area (Å²) in [5, 5.41) is 7.61. The summed E-state index contributed by atoms with van der Waals surface area (Å²) >= 11 is -0.0198. The molecule has 0 N–H and O–H groups in total. The van der Waals surface area contributed by atoms with E-state index >= 15 is 0 Å². The molecule has 0 aliphatic heterocycles. The summed E-state index contributed by atoms with van der Waals surface area (Å²) in [6, 6.07) is 65.7. The maximum atomic E-state index is 5.25. The first kappa shape index (κ1) is 46.4. The number of thiophene rings is 1. The molecule has 6 heteroatoms. The van der Waals surface area contributed by atoms with Crippen LogP contribution in [0.5, 0.6) is 0 Å². The van der Waals surface area contributed by atoms with Gasteiger partial charge in [0.2, 0.25) is 0 Å². The Morgan fingerprint density at radius 3 is 2.03 bits per heavy atom. The van der Waals surface area contributed by atoms with Crippen LogP contribution in [0.1, 0.15) is 45.7 Å². The molecule has 67 heavy (non-hydrogen) atoms. The Morgan fingerprint density at radius 1 is 0.642 bits per heavy atom. The van der Waals surface area contributed by atoms with E-state index in [1.54, 1.807) is 4.40 Å². The van der Waals surface area contributed by atoms with Gasteiger partial charge in [-0.1, -0.05) is 99.0 Å². The monoisotopic (exact) mass is 1130 g/mol. The Morgan fingerprint density at radius 2 is 1.33 bits per heavy atom. The molecular formula is C61H55GeIrN3S-2. The summed E-state index contributed by atoms with van der Waals surface area (Å²) in [6.07, 6.45) is 3.27. The van der Waals surface area contributed by atoms with Crippen LogP contribution in [0.4, 0.5) is 0 Å². The smallest absolute Gasteiger partial charge is 0 e. The van der Waals surface area contributed by atoms with E-state index in [-0.39, 0.29) is 25.5 Å². The van der Waals surface area contributed by atoms with E-state index in [0.717, 1.165) is 45.8 Å². The van der Waals surface area contributed by atoms with Crippen LogP contribution in [0.25, 0.3) is 92.2 Å². The van der Waals surface area contributed by atoms with Crippen molar-refractivity contribution < 1.29 is 20.1 Å². The molecule has 1 radical (unpaired) electrons. The predicted octanol–water partition coefficient (Wildman–Crippen LogP) is 16.4. The summed E-state index contributed by atoms with van der Waals surface area (Å²) in [4.78, 5) is 9.95. The zero-order valence-corrected chi connectivity index (χ0v) is 44.8. The Bertz CT molecular complexity index is 3560. The molecule has 0 aliphatic carbocycles. The molecule has 0 atom stereocenters. The third-order valence-electron chi connectivity index (χ3n) is 12.6. The average molecular weight is 1130 g/mol. The fourth-order valence-electron chi connectivity index (χ4n) is 9.36. The van der Waals surface area contributed by atoms with Crippen molar-refractivity contribution in [2.24, 2.45) is 5.92 Å². The average Bonchev–Trinajstić information content (AvgIpc) is 3.87. The summed E-state index contributed by atoms with van der Waals surface area (Å²) in [7, 11) is 0. The summed E-state index contributed by atoms with van der Waals surface area (Å²) < 4.78 is 6.42. The first-order chi connectivity index (χ1) is 31.8. The third kappa shape index (κ3) is 9.45. The SMILES string of the molecule is CC(C)(C)c1cc(-c2ccccc2)ccc1-n1c(-c2[c-]cc3sc4cc5cc6ccccc6cc5cc4c3c2)nc2ccccc21.CC(C)Cc1cc(-c2[c-]cccc2)nc[c]1[Ge]([CH3])([CH3])[CH3].[Ir]. The van der Waals surface area contributed by atoms with Crippen LogP contribution in [-0.2, 0) is 31.9 Å². The molecule has 11 rings (SSSR count). The number of hydrogen-bond acceptors (Lipinski definition) is 3. The van der Waals surface area contributed by atoms with Crippen LogP contribution in [0.3, 0.4) is 0 Å². The predicted molar refractivity (Wildman–Crippen MR) is 287 cm³/mol. The second kappa shape index (κ2) is 18.8. The first-order valence-corrected chi connectivity index (χ1v) is 31.3. The molecule has 0 bridgehead atoms. The van der Waals surface area contributed by atoms with Gasteiger partial charge in [-0.15, -0.1) is 23.8 Å². The van der Waals surface area contributed by atoms with Gasteiger partial charge in [0.05, 0.1) is 16.9 Å². The number of pyridine rings is 1. The van der Waals surface area contributed by atoms with Crippen molar-refractivity contribution in [2.75, 3.05) is 0 Å². The van der Waals surface area contributed by atoms with Crippen LogP contribution < -0.4 is 4.40 Å². The Balaban J connectivity index is 0.000000226. The van der Waals surface area contributed by atoms with Gasteiger partial charge in [-0.3, -0.25) is 4.98 Å². The van der Waals surface area contributed by atoms with Crippen LogP contribution in [0, 0.1) is 18.1 Å². The second-order valence-electron chi connectivity index (χ2n) is 20.1. The van der Waals surface area contributed by atoms with E-state index in [0.29, 0.717) is 5.92 Å². The van der Waals surface area contributed by atoms with Crippen molar-refractivity contribution in [1.29, 1.82) is 0 Å². The van der Waals surface area contributed by atoms with Crippen LogP contribution >= 0.6 is 11.3 Å². The fraction of sp³-hybridized carbons (Fsp3) is 0.180. The zero-order chi connectivity index (χ0) is 45.7. The van der Waals surface area contributed by atoms with Gasteiger partial charge >= 0.3 is 126 Å². The van der Waals surface area contributed by atoms with E-state index < -0.39 is 13.3 Å². The minimum absolute atomic E-state index is 0. The van der Waals surface area contributed by atoms with Gasteiger partial charge in [0.1, 0.15) is 0 Å². The Kier molecular flexibility index (Phi) is 13.0. The molecule has 0 unspecified atom stereocenters. The standard InChI is InChI=1S/C43H31N2S.C18H24GeN.Ir/c1-43(2,3)36-25-30(27-11-5-4-6-12-27)17-19-38(36)45-39-16-10-9-15-37(39)44-42(45)31-18-20-40-34(23-31)35-24-32-21-28-13-7-8-14-29(28)22-33(32)26-41(35)46-40;1-14(2)11-16-12-18(15-9-7-6-8-10-15)20-13-17(16)19(3,4)5;/h4-17,19-26H,1-3H3;6-9,12-14H,11H2,1-5H3;/q2*-1;. The molecule has 3 nitrogen and oxygen atoms in total. The maximum absolute atomic E-state index is 5.25. The molecule has 335 valence electrons. The van der Waals surface area contributed by atoms with E-state index in [1.165, 1.54) is 64.0 Å². The minimum atomic E-state index is -1.86. The molecule has 3 aromatic heterocycles. The molecule has 8 aromatic carbocycles. The summed E-state index contributed by atoms with van der Waals surface area (Å²) in [5.74, 6) is 8.90. The van der Waals surface area contributed by atoms with Gasteiger partial charge in [-0.2, -0.15) is 11.3 Å². The van der Waals surface area contributed by atoms with Gasteiger partial charge in [-0.05, 0) is 102 Å². The molecule has 3 heterocycles. The largest absolute Gasteiger partial charge is 0 e. The molecule has 0 saturated heterocycles. The van der Waals surface area contributed by atoms with Crippen molar-refractivity contribution in [1.82, 2.24) is 14.5 Å². The molecule has 0 amide bonds. The quantitative estimate of drug-likeness (QED) is 0.0905. The third-order valence-corrected chi connectivity index (χ3v) is 18.0. The van der Waals surface area contributed by atoms with E-state index in [4.69, 9.17) is 9.97 Å². The zero-order valence-electron chi connectivity index (χ0n) is 39.5. The van der Waals surface area contributed by atoms with Gasteiger partial charge in [-0.25, -0.2) is 0 Å². The van der Waals surface area contributed by atoms with Crippen molar-refractivity contribution >= 4 is 81.7 Å². The minimum Gasteiger partial charge on any atom is 0 e. The second-order valence-corrected chi connectivity index (χ2v) is 31.7. The van der Waals surface area contributed by atoms with Gasteiger partial charge in [0.25, 0.3) is 0 Å².